The van der Waals surface area contributed by atoms with Gasteiger partial charge in [-0.3, -0.25) is 9.52 Å². The number of rotatable bonds is 6. The predicted molar refractivity (Wildman–Crippen MR) is 116 cm³/mol. The molecule has 3 N–H and O–H groups in total. The van der Waals surface area contributed by atoms with Crippen molar-refractivity contribution in [2.24, 2.45) is 5.92 Å². The fourth-order valence-corrected chi connectivity index (χ4v) is 5.12. The highest BCUT2D eigenvalue weighted by Gasteiger charge is 2.30. The van der Waals surface area contributed by atoms with Crippen LogP contribution >= 0.6 is 0 Å². The van der Waals surface area contributed by atoms with Crippen LogP contribution in [0, 0.1) is 11.7 Å². The SMILES string of the molecule is O=C(Nc1cc(-c2ccc(NS(=O)(=O)N3CCCC3)c(F)c2)c2cc[nH]c2n1)C1CC1. The number of nitrogens with zero attached hydrogens (tertiary/aromatic N) is 2. The van der Waals surface area contributed by atoms with Crippen LogP contribution in [0.4, 0.5) is 15.9 Å². The number of anilines is 2. The lowest BCUT2D eigenvalue weighted by Crippen LogP contribution is -2.33. The van der Waals surface area contributed by atoms with Crippen LogP contribution in [0.5, 0.6) is 0 Å². The summed E-state index contributed by atoms with van der Waals surface area (Å²) in [5, 5.41) is 3.60. The summed E-state index contributed by atoms with van der Waals surface area (Å²) in [4.78, 5) is 19.6. The molecule has 1 aliphatic carbocycles. The number of benzene rings is 1. The molecule has 2 fully saturated rings. The Labute approximate surface area is 179 Å². The summed E-state index contributed by atoms with van der Waals surface area (Å²) < 4.78 is 43.4. The van der Waals surface area contributed by atoms with E-state index in [0.29, 0.717) is 35.7 Å². The molecule has 0 bridgehead atoms. The van der Waals surface area contributed by atoms with Crippen molar-refractivity contribution in [3.05, 3.63) is 42.3 Å². The summed E-state index contributed by atoms with van der Waals surface area (Å²) >= 11 is 0. The zero-order valence-electron chi connectivity index (χ0n) is 16.7. The molecule has 1 saturated carbocycles. The molecule has 162 valence electrons. The summed E-state index contributed by atoms with van der Waals surface area (Å²) in [6.07, 6.45) is 5.09. The number of amides is 1. The van der Waals surface area contributed by atoms with Gasteiger partial charge in [-0.05, 0) is 61.1 Å². The van der Waals surface area contributed by atoms with Crippen molar-refractivity contribution < 1.29 is 17.6 Å². The quantitative estimate of drug-likeness (QED) is 0.542. The fraction of sp³-hybridized carbons (Fsp3) is 0.333. The average molecular weight is 444 g/mol. The molecule has 8 nitrogen and oxygen atoms in total. The van der Waals surface area contributed by atoms with Gasteiger partial charge in [0.25, 0.3) is 0 Å². The molecule has 0 unspecified atom stereocenters. The van der Waals surface area contributed by atoms with Gasteiger partial charge in [-0.15, -0.1) is 0 Å². The number of pyridine rings is 1. The number of aromatic nitrogens is 2. The second kappa shape index (κ2) is 7.61. The molecule has 1 amide bonds. The summed E-state index contributed by atoms with van der Waals surface area (Å²) in [5.41, 5.74) is 1.71. The van der Waals surface area contributed by atoms with Gasteiger partial charge in [0.1, 0.15) is 17.3 Å². The first-order valence-electron chi connectivity index (χ1n) is 10.3. The number of hydrogen-bond acceptors (Lipinski definition) is 4. The van der Waals surface area contributed by atoms with Crippen LogP contribution in [0.3, 0.4) is 0 Å². The molecule has 0 atom stereocenters. The average Bonchev–Trinajstić information content (AvgIpc) is 3.22. The van der Waals surface area contributed by atoms with Gasteiger partial charge in [0, 0.05) is 30.6 Å². The van der Waals surface area contributed by atoms with Gasteiger partial charge in [0.2, 0.25) is 5.91 Å². The Bertz CT molecular complexity index is 1260. The molecule has 0 spiro atoms. The lowest BCUT2D eigenvalue weighted by Gasteiger charge is -2.17. The van der Waals surface area contributed by atoms with Gasteiger partial charge in [-0.25, -0.2) is 9.37 Å². The van der Waals surface area contributed by atoms with Crippen molar-refractivity contribution in [1.82, 2.24) is 14.3 Å². The number of aromatic amines is 1. The summed E-state index contributed by atoms with van der Waals surface area (Å²) in [5.74, 6) is -0.322. The van der Waals surface area contributed by atoms with E-state index in [0.717, 1.165) is 31.1 Å². The molecule has 0 radical (unpaired) electrons. The molecule has 10 heteroatoms. The Morgan fingerprint density at radius 2 is 1.94 bits per heavy atom. The number of hydrogen-bond donors (Lipinski definition) is 3. The summed E-state index contributed by atoms with van der Waals surface area (Å²) in [6, 6.07) is 7.89. The third-order valence-electron chi connectivity index (χ3n) is 5.65. The number of H-pyrrole nitrogens is 1. The van der Waals surface area contributed by atoms with E-state index in [-0.39, 0.29) is 17.5 Å². The Hall–Kier alpha value is -2.98. The van der Waals surface area contributed by atoms with Gasteiger partial charge >= 0.3 is 10.2 Å². The van der Waals surface area contributed by atoms with Crippen LogP contribution in [-0.4, -0.2) is 41.7 Å². The molecule has 1 aromatic carbocycles. The number of halogens is 1. The van der Waals surface area contributed by atoms with E-state index in [1.807, 2.05) is 6.07 Å². The Morgan fingerprint density at radius 3 is 2.65 bits per heavy atom. The van der Waals surface area contributed by atoms with E-state index in [1.165, 1.54) is 16.4 Å². The van der Waals surface area contributed by atoms with E-state index >= 15 is 0 Å². The minimum Gasteiger partial charge on any atom is -0.346 e. The van der Waals surface area contributed by atoms with Crippen molar-refractivity contribution in [3.8, 4) is 11.1 Å². The second-order valence-electron chi connectivity index (χ2n) is 7.97. The molecule has 1 saturated heterocycles. The van der Waals surface area contributed by atoms with Crippen LogP contribution < -0.4 is 10.0 Å². The summed E-state index contributed by atoms with van der Waals surface area (Å²) in [7, 11) is -3.78. The topological polar surface area (TPSA) is 107 Å². The van der Waals surface area contributed by atoms with E-state index in [9.17, 15) is 17.6 Å². The number of fused-ring (bicyclic) bond motifs is 1. The number of carbonyl (C=O) groups excluding carboxylic acids is 1. The Morgan fingerprint density at radius 1 is 1.16 bits per heavy atom. The maximum atomic E-state index is 14.9. The fourth-order valence-electron chi connectivity index (χ4n) is 3.81. The number of carbonyl (C=O) groups is 1. The third kappa shape index (κ3) is 4.00. The van der Waals surface area contributed by atoms with Gasteiger partial charge < -0.3 is 10.3 Å². The van der Waals surface area contributed by atoms with Gasteiger partial charge in [0.05, 0.1) is 5.69 Å². The van der Waals surface area contributed by atoms with Crippen LogP contribution in [-0.2, 0) is 15.0 Å². The highest BCUT2D eigenvalue weighted by molar-refractivity contribution is 7.90. The van der Waals surface area contributed by atoms with E-state index < -0.39 is 16.0 Å². The first kappa shape index (κ1) is 20.0. The van der Waals surface area contributed by atoms with Crippen LogP contribution in [0.1, 0.15) is 25.7 Å². The third-order valence-corrected chi connectivity index (χ3v) is 7.17. The highest BCUT2D eigenvalue weighted by Crippen LogP contribution is 2.34. The first-order chi connectivity index (χ1) is 14.9. The summed E-state index contributed by atoms with van der Waals surface area (Å²) in [6.45, 7) is 0.875. The van der Waals surface area contributed by atoms with E-state index in [1.54, 1.807) is 18.3 Å². The standard InChI is InChI=1S/C21H22FN5O3S/c22-17-11-14(5-6-18(17)26-31(29,30)27-9-1-2-10-27)16-12-19(25-21(28)13-3-4-13)24-20-15(16)7-8-23-20/h5-8,11-13,26H,1-4,9-10H2,(H2,23,24,25,28). The van der Waals surface area contributed by atoms with Crippen molar-refractivity contribution in [1.29, 1.82) is 0 Å². The highest BCUT2D eigenvalue weighted by atomic mass is 32.2. The van der Waals surface area contributed by atoms with Crippen molar-refractivity contribution in [2.45, 2.75) is 25.7 Å². The number of nitrogens with one attached hydrogen (secondary N) is 3. The first-order valence-corrected chi connectivity index (χ1v) is 11.7. The zero-order chi connectivity index (χ0) is 21.6. The molecular formula is C21H22FN5O3S. The smallest absolute Gasteiger partial charge is 0.301 e. The maximum Gasteiger partial charge on any atom is 0.301 e. The monoisotopic (exact) mass is 443 g/mol. The zero-order valence-corrected chi connectivity index (χ0v) is 17.5. The van der Waals surface area contributed by atoms with Crippen LogP contribution in [0.25, 0.3) is 22.2 Å². The molecule has 1 aliphatic heterocycles. The van der Waals surface area contributed by atoms with Crippen molar-refractivity contribution in [3.63, 3.8) is 0 Å². The minimum atomic E-state index is -3.78. The Kier molecular flexibility index (Phi) is 4.90. The molecule has 5 rings (SSSR count). The predicted octanol–water partition coefficient (Wildman–Crippen LogP) is 3.47. The lowest BCUT2D eigenvalue weighted by atomic mass is 10.0. The van der Waals surface area contributed by atoms with Crippen molar-refractivity contribution in [2.75, 3.05) is 23.1 Å². The van der Waals surface area contributed by atoms with E-state index in [2.05, 4.69) is 20.0 Å². The van der Waals surface area contributed by atoms with Crippen LogP contribution in [0.2, 0.25) is 0 Å². The van der Waals surface area contributed by atoms with Gasteiger partial charge in [-0.2, -0.15) is 12.7 Å². The molecule has 31 heavy (non-hydrogen) atoms. The van der Waals surface area contributed by atoms with Gasteiger partial charge in [-0.1, -0.05) is 6.07 Å². The Balaban J connectivity index is 1.46. The molecule has 2 aromatic heterocycles. The van der Waals surface area contributed by atoms with Crippen LogP contribution in [0.15, 0.2) is 36.5 Å². The van der Waals surface area contributed by atoms with E-state index in [4.69, 9.17) is 0 Å². The lowest BCUT2D eigenvalue weighted by molar-refractivity contribution is -0.117. The van der Waals surface area contributed by atoms with Gasteiger partial charge in [0.15, 0.2) is 0 Å². The second-order valence-corrected chi connectivity index (χ2v) is 9.64. The largest absolute Gasteiger partial charge is 0.346 e. The normalized spacial score (nSPS) is 17.2. The molecular weight excluding hydrogens is 421 g/mol. The van der Waals surface area contributed by atoms with Crippen molar-refractivity contribution >= 4 is 38.7 Å². The molecule has 3 heterocycles. The molecule has 3 aromatic rings. The minimum absolute atomic E-state index is 0.0324. The maximum absolute atomic E-state index is 14.9. The molecule has 2 aliphatic rings.